The molecular weight excluding hydrogens is 198 g/mol. The minimum Gasteiger partial charge on any atom is -0.351 e. The first-order chi connectivity index (χ1) is 7.84. The summed E-state index contributed by atoms with van der Waals surface area (Å²) < 4.78 is 2.10. The van der Waals surface area contributed by atoms with Crippen LogP contribution in [0.1, 0.15) is 0 Å². The Bertz CT molecular complexity index is 626. The van der Waals surface area contributed by atoms with E-state index < -0.39 is 0 Å². The molecule has 2 heterocycles. The van der Waals surface area contributed by atoms with Gasteiger partial charge in [-0.15, -0.1) is 0 Å². The Morgan fingerprint density at radius 2 is 1.88 bits per heavy atom. The molecule has 2 aromatic heterocycles. The van der Waals surface area contributed by atoms with Gasteiger partial charge in [-0.3, -0.25) is 0 Å². The van der Waals surface area contributed by atoms with Crippen LogP contribution in [-0.2, 0) is 7.05 Å². The first-order valence-electron chi connectivity index (χ1n) is 5.17. The summed E-state index contributed by atoms with van der Waals surface area (Å²) in [6.45, 7) is 0. The molecule has 3 heteroatoms. The highest BCUT2D eigenvalue weighted by molar-refractivity contribution is 5.84. The van der Waals surface area contributed by atoms with E-state index in [0.717, 1.165) is 11.4 Å². The van der Waals surface area contributed by atoms with Crippen LogP contribution in [0.2, 0.25) is 0 Å². The molecule has 0 atom stereocenters. The molecule has 0 fully saturated rings. The van der Waals surface area contributed by atoms with Gasteiger partial charge in [-0.1, -0.05) is 0 Å². The van der Waals surface area contributed by atoms with E-state index in [2.05, 4.69) is 45.0 Å². The third-order valence-corrected chi connectivity index (χ3v) is 2.71. The smallest absolute Gasteiger partial charge is 0.159 e. The maximum Gasteiger partial charge on any atom is 0.159 e. The van der Waals surface area contributed by atoms with Crippen LogP contribution in [0.3, 0.4) is 0 Å². The van der Waals surface area contributed by atoms with Crippen molar-refractivity contribution in [2.24, 2.45) is 7.05 Å². The lowest BCUT2D eigenvalue weighted by atomic mass is 10.1. The van der Waals surface area contributed by atoms with Crippen LogP contribution in [0.4, 0.5) is 0 Å². The Labute approximate surface area is 93.4 Å². The zero-order chi connectivity index (χ0) is 11.0. The second-order valence-electron chi connectivity index (χ2n) is 3.77. The Morgan fingerprint density at radius 3 is 2.69 bits per heavy atom. The number of fused-ring (bicyclic) bond motifs is 1. The van der Waals surface area contributed by atoms with Gasteiger partial charge in [-0.2, -0.15) is 0 Å². The number of aromatic nitrogens is 3. The van der Waals surface area contributed by atoms with Crippen LogP contribution < -0.4 is 0 Å². The molecule has 3 nitrogen and oxygen atoms in total. The summed E-state index contributed by atoms with van der Waals surface area (Å²) in [6.07, 6.45) is 5.58. The van der Waals surface area contributed by atoms with Crippen molar-refractivity contribution < 1.29 is 0 Å². The number of aryl methyl sites for hydroxylation is 1. The van der Waals surface area contributed by atoms with Gasteiger partial charge in [0, 0.05) is 42.1 Å². The van der Waals surface area contributed by atoms with E-state index in [1.807, 2.05) is 13.1 Å². The summed E-state index contributed by atoms with van der Waals surface area (Å²) in [4.78, 5) is 8.49. The Balaban J connectivity index is 2.19. The summed E-state index contributed by atoms with van der Waals surface area (Å²) in [5.41, 5.74) is 2.28. The third kappa shape index (κ3) is 1.37. The van der Waals surface area contributed by atoms with E-state index in [9.17, 15) is 0 Å². The number of hydrogen-bond acceptors (Lipinski definition) is 2. The highest BCUT2D eigenvalue weighted by Gasteiger charge is 2.03. The lowest BCUT2D eigenvalue weighted by Gasteiger charge is -2.00. The predicted octanol–water partition coefficient (Wildman–Crippen LogP) is 2.64. The molecule has 1 aromatic carbocycles. The van der Waals surface area contributed by atoms with Crippen LogP contribution in [0, 0.1) is 0 Å². The maximum atomic E-state index is 4.24. The van der Waals surface area contributed by atoms with Crippen molar-refractivity contribution in [2.45, 2.75) is 0 Å². The molecule has 3 rings (SSSR count). The Kier molecular flexibility index (Phi) is 1.96. The zero-order valence-corrected chi connectivity index (χ0v) is 8.96. The van der Waals surface area contributed by atoms with Crippen LogP contribution >= 0.6 is 0 Å². The van der Waals surface area contributed by atoms with Crippen molar-refractivity contribution in [3.8, 4) is 11.4 Å². The topological polar surface area (TPSA) is 30.7 Å². The standard InChI is InChI=1S/C13H11N3/c1-16-8-5-10-9-11(3-4-12(10)16)13-14-6-2-7-15-13/h2-9H,1H3. The summed E-state index contributed by atoms with van der Waals surface area (Å²) in [5, 5.41) is 1.22. The lowest BCUT2D eigenvalue weighted by molar-refractivity contribution is 0.969. The monoisotopic (exact) mass is 209 g/mol. The second-order valence-corrected chi connectivity index (χ2v) is 3.77. The largest absolute Gasteiger partial charge is 0.351 e. The summed E-state index contributed by atoms with van der Waals surface area (Å²) in [5.74, 6) is 0.772. The minimum absolute atomic E-state index is 0.772. The molecule has 0 saturated heterocycles. The Hall–Kier alpha value is -2.16. The molecule has 78 valence electrons. The molecule has 0 aliphatic carbocycles. The van der Waals surface area contributed by atoms with Gasteiger partial charge in [-0.05, 0) is 30.3 Å². The van der Waals surface area contributed by atoms with Gasteiger partial charge >= 0.3 is 0 Å². The van der Waals surface area contributed by atoms with Gasteiger partial charge in [0.1, 0.15) is 0 Å². The van der Waals surface area contributed by atoms with Gasteiger partial charge < -0.3 is 4.57 Å². The molecule has 0 radical (unpaired) electrons. The van der Waals surface area contributed by atoms with E-state index >= 15 is 0 Å². The zero-order valence-electron chi connectivity index (χ0n) is 8.96. The van der Waals surface area contributed by atoms with Crippen LogP contribution in [0.5, 0.6) is 0 Å². The van der Waals surface area contributed by atoms with Crippen LogP contribution in [-0.4, -0.2) is 14.5 Å². The average Bonchev–Trinajstić information content (AvgIpc) is 2.72. The van der Waals surface area contributed by atoms with Crippen LogP contribution in [0.25, 0.3) is 22.3 Å². The van der Waals surface area contributed by atoms with Crippen molar-refractivity contribution in [2.75, 3.05) is 0 Å². The normalized spacial score (nSPS) is 10.8. The fourth-order valence-corrected chi connectivity index (χ4v) is 1.87. The number of hydrogen-bond donors (Lipinski definition) is 0. The molecule has 0 aliphatic heterocycles. The van der Waals surface area contributed by atoms with Crippen molar-refractivity contribution >= 4 is 10.9 Å². The van der Waals surface area contributed by atoms with E-state index in [4.69, 9.17) is 0 Å². The predicted molar refractivity (Wildman–Crippen MR) is 63.9 cm³/mol. The first kappa shape index (κ1) is 9.09. The van der Waals surface area contributed by atoms with E-state index in [-0.39, 0.29) is 0 Å². The van der Waals surface area contributed by atoms with Crippen molar-refractivity contribution in [1.29, 1.82) is 0 Å². The molecule has 0 aliphatic rings. The molecule has 0 N–H and O–H groups in total. The van der Waals surface area contributed by atoms with Crippen molar-refractivity contribution in [3.63, 3.8) is 0 Å². The molecule has 0 saturated carbocycles. The first-order valence-corrected chi connectivity index (χ1v) is 5.17. The fraction of sp³-hybridized carbons (Fsp3) is 0.0769. The average molecular weight is 209 g/mol. The SMILES string of the molecule is Cn1ccc2cc(-c3ncccn3)ccc21. The van der Waals surface area contributed by atoms with Gasteiger partial charge in [-0.25, -0.2) is 9.97 Å². The highest BCUT2D eigenvalue weighted by atomic mass is 14.9. The molecular formula is C13H11N3. The molecule has 0 spiro atoms. The minimum atomic E-state index is 0.772. The molecule has 0 bridgehead atoms. The summed E-state index contributed by atoms with van der Waals surface area (Å²) >= 11 is 0. The highest BCUT2D eigenvalue weighted by Crippen LogP contribution is 2.21. The third-order valence-electron chi connectivity index (χ3n) is 2.71. The van der Waals surface area contributed by atoms with E-state index in [1.165, 1.54) is 10.9 Å². The molecule has 0 unspecified atom stereocenters. The van der Waals surface area contributed by atoms with Gasteiger partial charge in [0.2, 0.25) is 0 Å². The lowest BCUT2D eigenvalue weighted by Crippen LogP contribution is -1.87. The number of benzene rings is 1. The molecule has 16 heavy (non-hydrogen) atoms. The van der Waals surface area contributed by atoms with Gasteiger partial charge in [0.15, 0.2) is 5.82 Å². The number of nitrogens with zero attached hydrogens (tertiary/aromatic N) is 3. The maximum absolute atomic E-state index is 4.24. The molecule has 0 amide bonds. The van der Waals surface area contributed by atoms with Gasteiger partial charge in [0.05, 0.1) is 0 Å². The van der Waals surface area contributed by atoms with Gasteiger partial charge in [0.25, 0.3) is 0 Å². The van der Waals surface area contributed by atoms with Crippen molar-refractivity contribution in [3.05, 3.63) is 48.9 Å². The van der Waals surface area contributed by atoms with E-state index in [1.54, 1.807) is 12.4 Å². The molecule has 3 aromatic rings. The van der Waals surface area contributed by atoms with Crippen LogP contribution in [0.15, 0.2) is 48.9 Å². The second kappa shape index (κ2) is 3.45. The van der Waals surface area contributed by atoms with Crippen molar-refractivity contribution in [1.82, 2.24) is 14.5 Å². The Morgan fingerprint density at radius 1 is 1.06 bits per heavy atom. The van der Waals surface area contributed by atoms with E-state index in [0.29, 0.717) is 0 Å². The number of rotatable bonds is 1. The quantitative estimate of drug-likeness (QED) is 0.616. The summed E-state index contributed by atoms with van der Waals surface area (Å²) in [6, 6.07) is 10.2. The fourth-order valence-electron chi connectivity index (χ4n) is 1.87. The summed E-state index contributed by atoms with van der Waals surface area (Å²) in [7, 11) is 2.04.